The molecule has 0 aromatic heterocycles. The van der Waals surface area contributed by atoms with E-state index in [1.165, 1.54) is 12.1 Å². The first-order valence-corrected chi connectivity index (χ1v) is 12.1. The van der Waals surface area contributed by atoms with E-state index < -0.39 is 23.7 Å². The van der Waals surface area contributed by atoms with Crippen molar-refractivity contribution in [3.05, 3.63) is 35.4 Å². The fourth-order valence-corrected chi connectivity index (χ4v) is 5.12. The van der Waals surface area contributed by atoms with Crippen molar-refractivity contribution in [2.45, 2.75) is 76.8 Å². The number of benzene rings is 1. The summed E-state index contributed by atoms with van der Waals surface area (Å²) in [4.78, 5) is 30.1. The molecule has 2 fully saturated rings. The molecule has 34 heavy (non-hydrogen) atoms. The van der Waals surface area contributed by atoms with Crippen molar-refractivity contribution >= 4 is 11.8 Å². The van der Waals surface area contributed by atoms with Gasteiger partial charge in [0.25, 0.3) is 5.91 Å². The molecule has 0 unspecified atom stereocenters. The number of carbonyl (C=O) groups excluding carboxylic acids is 2. The lowest BCUT2D eigenvalue weighted by molar-refractivity contribution is -0.137. The van der Waals surface area contributed by atoms with Crippen LogP contribution in [-0.2, 0) is 15.7 Å². The van der Waals surface area contributed by atoms with E-state index in [1.807, 2.05) is 11.8 Å². The van der Waals surface area contributed by atoms with E-state index in [1.54, 1.807) is 0 Å². The maximum Gasteiger partial charge on any atom is 0.416 e. The predicted octanol–water partition coefficient (Wildman–Crippen LogP) is 3.95. The van der Waals surface area contributed by atoms with E-state index in [2.05, 4.69) is 31.1 Å². The molecule has 1 saturated heterocycles. The van der Waals surface area contributed by atoms with Crippen molar-refractivity contribution in [2.75, 3.05) is 26.8 Å². The van der Waals surface area contributed by atoms with Gasteiger partial charge in [-0.3, -0.25) is 9.59 Å². The molecule has 1 saturated carbocycles. The minimum atomic E-state index is -4.53. The summed E-state index contributed by atoms with van der Waals surface area (Å²) in [7, 11) is 2.13. The number of hydrogen-bond donors (Lipinski definition) is 1. The van der Waals surface area contributed by atoms with Gasteiger partial charge in [-0.05, 0) is 71.7 Å². The summed E-state index contributed by atoms with van der Waals surface area (Å²) in [5, 5.41) is 2.66. The summed E-state index contributed by atoms with van der Waals surface area (Å²) in [6.07, 6.45) is -1.32. The first-order valence-electron chi connectivity index (χ1n) is 12.1. The summed E-state index contributed by atoms with van der Waals surface area (Å²) in [6.45, 7) is 8.00. The van der Waals surface area contributed by atoms with Gasteiger partial charge in [0, 0.05) is 42.8 Å². The van der Waals surface area contributed by atoms with Crippen LogP contribution in [0.15, 0.2) is 24.3 Å². The SMILES string of the molecule is CCOC[C@@H]1C[C@H](N(C)C(C)C)CC[C@@H]1N1CC[C@H](NC(=O)c2cccc(C(F)(F)F)c2)C1=O. The number of nitrogens with zero attached hydrogens (tertiary/aromatic N) is 2. The molecular weight excluding hydrogens is 447 g/mol. The molecule has 2 aliphatic rings. The number of hydrogen-bond acceptors (Lipinski definition) is 4. The normalized spacial score (nSPS) is 25.9. The number of amides is 2. The Labute approximate surface area is 199 Å². The van der Waals surface area contributed by atoms with Crippen LogP contribution in [-0.4, -0.2) is 72.6 Å². The van der Waals surface area contributed by atoms with Gasteiger partial charge in [0.1, 0.15) is 6.04 Å². The highest BCUT2D eigenvalue weighted by molar-refractivity contribution is 5.98. The van der Waals surface area contributed by atoms with E-state index in [0.29, 0.717) is 38.3 Å². The summed E-state index contributed by atoms with van der Waals surface area (Å²) >= 11 is 0. The zero-order valence-electron chi connectivity index (χ0n) is 20.4. The molecule has 9 heteroatoms. The van der Waals surface area contributed by atoms with E-state index in [9.17, 15) is 22.8 Å². The molecule has 1 aromatic carbocycles. The van der Waals surface area contributed by atoms with Crippen LogP contribution in [0.1, 0.15) is 62.4 Å². The van der Waals surface area contributed by atoms with Crippen LogP contribution in [0.3, 0.4) is 0 Å². The highest BCUT2D eigenvalue weighted by Crippen LogP contribution is 2.34. The number of alkyl halides is 3. The fourth-order valence-electron chi connectivity index (χ4n) is 5.12. The predicted molar refractivity (Wildman–Crippen MR) is 123 cm³/mol. The quantitative estimate of drug-likeness (QED) is 0.608. The van der Waals surface area contributed by atoms with Gasteiger partial charge in [0.15, 0.2) is 0 Å². The molecule has 0 spiro atoms. The van der Waals surface area contributed by atoms with Crippen molar-refractivity contribution in [2.24, 2.45) is 5.92 Å². The van der Waals surface area contributed by atoms with Gasteiger partial charge in [0.2, 0.25) is 5.91 Å². The zero-order chi connectivity index (χ0) is 25.0. The second-order valence-corrected chi connectivity index (χ2v) is 9.64. The number of carbonyl (C=O) groups is 2. The molecule has 0 radical (unpaired) electrons. The molecule has 2 amide bonds. The minimum absolute atomic E-state index is 0.0336. The van der Waals surface area contributed by atoms with E-state index in [0.717, 1.165) is 31.4 Å². The van der Waals surface area contributed by atoms with E-state index in [-0.39, 0.29) is 23.4 Å². The van der Waals surface area contributed by atoms with Crippen LogP contribution in [0.25, 0.3) is 0 Å². The lowest BCUT2D eigenvalue weighted by Crippen LogP contribution is -2.52. The van der Waals surface area contributed by atoms with Crippen molar-refractivity contribution in [3.8, 4) is 0 Å². The lowest BCUT2D eigenvalue weighted by atomic mass is 9.80. The highest BCUT2D eigenvalue weighted by Gasteiger charge is 2.43. The van der Waals surface area contributed by atoms with Crippen LogP contribution in [0.4, 0.5) is 13.2 Å². The average Bonchev–Trinajstić information content (AvgIpc) is 3.16. The molecule has 190 valence electrons. The summed E-state index contributed by atoms with van der Waals surface area (Å²) in [6, 6.07) is 4.42. The molecular formula is C25H36F3N3O3. The highest BCUT2D eigenvalue weighted by atomic mass is 19.4. The van der Waals surface area contributed by atoms with Gasteiger partial charge >= 0.3 is 6.18 Å². The number of ether oxygens (including phenoxy) is 1. The average molecular weight is 484 g/mol. The molecule has 3 rings (SSSR count). The van der Waals surface area contributed by atoms with Crippen molar-refractivity contribution < 1.29 is 27.5 Å². The Hall–Kier alpha value is -2.13. The Balaban J connectivity index is 1.67. The van der Waals surface area contributed by atoms with Crippen LogP contribution in [0.2, 0.25) is 0 Å². The standard InChI is InChI=1S/C25H36F3N3O3/c1-5-34-15-18-14-20(30(4)16(2)3)9-10-22(18)31-12-11-21(24(31)33)29-23(32)17-7-6-8-19(13-17)25(26,27)28/h6-8,13,16,18,20-22H,5,9-12,14-15H2,1-4H3,(H,29,32)/t18-,20+,21-,22-/m0/s1. The first kappa shape index (κ1) is 26.5. The number of rotatable bonds is 8. The molecule has 1 aromatic rings. The molecule has 1 aliphatic heterocycles. The molecule has 1 aliphatic carbocycles. The van der Waals surface area contributed by atoms with Crippen molar-refractivity contribution in [1.29, 1.82) is 0 Å². The van der Waals surface area contributed by atoms with Gasteiger partial charge in [-0.25, -0.2) is 0 Å². The molecule has 0 bridgehead atoms. The Bertz CT molecular complexity index is 861. The van der Waals surface area contributed by atoms with E-state index in [4.69, 9.17) is 4.74 Å². The first-order chi connectivity index (χ1) is 16.0. The third-order valence-electron chi connectivity index (χ3n) is 7.24. The largest absolute Gasteiger partial charge is 0.416 e. The van der Waals surface area contributed by atoms with Gasteiger partial charge in [-0.1, -0.05) is 6.07 Å². The fraction of sp³-hybridized carbons (Fsp3) is 0.680. The van der Waals surface area contributed by atoms with Crippen LogP contribution in [0, 0.1) is 5.92 Å². The van der Waals surface area contributed by atoms with Crippen LogP contribution < -0.4 is 5.32 Å². The summed E-state index contributed by atoms with van der Waals surface area (Å²) in [5.41, 5.74) is -0.992. The van der Waals surface area contributed by atoms with Crippen molar-refractivity contribution in [1.82, 2.24) is 15.1 Å². The second kappa shape index (κ2) is 11.1. The van der Waals surface area contributed by atoms with Gasteiger partial charge in [-0.2, -0.15) is 13.2 Å². The minimum Gasteiger partial charge on any atom is -0.381 e. The molecule has 1 heterocycles. The van der Waals surface area contributed by atoms with Crippen LogP contribution >= 0.6 is 0 Å². The Morgan fingerprint density at radius 3 is 2.65 bits per heavy atom. The van der Waals surface area contributed by atoms with Gasteiger partial charge in [-0.15, -0.1) is 0 Å². The van der Waals surface area contributed by atoms with Crippen LogP contribution in [0.5, 0.6) is 0 Å². The Kier molecular flexibility index (Phi) is 8.62. The maximum atomic E-state index is 13.2. The number of halogens is 3. The third-order valence-corrected chi connectivity index (χ3v) is 7.24. The number of nitrogens with one attached hydrogen (secondary N) is 1. The van der Waals surface area contributed by atoms with Gasteiger partial charge in [0.05, 0.1) is 12.2 Å². The topological polar surface area (TPSA) is 61.9 Å². The molecule has 1 N–H and O–H groups in total. The van der Waals surface area contributed by atoms with Gasteiger partial charge < -0.3 is 19.9 Å². The summed E-state index contributed by atoms with van der Waals surface area (Å²) in [5.74, 6) is -0.635. The van der Waals surface area contributed by atoms with Crippen molar-refractivity contribution in [3.63, 3.8) is 0 Å². The zero-order valence-corrected chi connectivity index (χ0v) is 20.4. The smallest absolute Gasteiger partial charge is 0.381 e. The molecule has 6 nitrogen and oxygen atoms in total. The Morgan fingerprint density at radius 2 is 2.00 bits per heavy atom. The summed E-state index contributed by atoms with van der Waals surface area (Å²) < 4.78 is 44.7. The third kappa shape index (κ3) is 6.10. The second-order valence-electron chi connectivity index (χ2n) is 9.64. The monoisotopic (exact) mass is 483 g/mol. The number of likely N-dealkylation sites (tertiary alicyclic amines) is 1. The molecule has 4 atom stereocenters. The maximum absolute atomic E-state index is 13.2. The lowest BCUT2D eigenvalue weighted by Gasteiger charge is -2.44. The Morgan fingerprint density at radius 1 is 1.26 bits per heavy atom. The van der Waals surface area contributed by atoms with E-state index >= 15 is 0 Å².